The number of benzene rings is 2. The predicted octanol–water partition coefficient (Wildman–Crippen LogP) is 5.01. The molecule has 0 saturated carbocycles. The molecule has 0 spiro atoms. The summed E-state index contributed by atoms with van der Waals surface area (Å²) in [6.45, 7) is 13.5. The number of imidazole rings is 1. The Balaban J connectivity index is 1.50. The lowest BCUT2D eigenvalue weighted by molar-refractivity contribution is -0.137. The fourth-order valence-electron chi connectivity index (χ4n) is 6.67. The van der Waals surface area contributed by atoms with Crippen LogP contribution in [0.3, 0.4) is 0 Å². The summed E-state index contributed by atoms with van der Waals surface area (Å²) in [7, 11) is 2.99. The number of amides is 2. The molecule has 0 aliphatic carbocycles. The number of rotatable bonds is 11. The van der Waals surface area contributed by atoms with Gasteiger partial charge in [-0.25, -0.2) is 9.78 Å². The van der Waals surface area contributed by atoms with E-state index in [4.69, 9.17) is 25.0 Å². The summed E-state index contributed by atoms with van der Waals surface area (Å²) in [5.41, 5.74) is 9.53. The molecule has 0 bridgehead atoms. The van der Waals surface area contributed by atoms with Crippen molar-refractivity contribution in [1.82, 2.24) is 25.5 Å². The number of H-pyrrole nitrogens is 1. The summed E-state index contributed by atoms with van der Waals surface area (Å²) in [6.07, 6.45) is 5.59. The van der Waals surface area contributed by atoms with E-state index in [1.165, 1.54) is 7.11 Å². The van der Waals surface area contributed by atoms with E-state index in [1.807, 2.05) is 69.0 Å². The van der Waals surface area contributed by atoms with Crippen LogP contribution in [-0.4, -0.2) is 78.2 Å². The van der Waals surface area contributed by atoms with Crippen LogP contribution in [0.5, 0.6) is 5.75 Å². The van der Waals surface area contributed by atoms with Crippen molar-refractivity contribution in [1.29, 1.82) is 0 Å². The van der Waals surface area contributed by atoms with Gasteiger partial charge in [-0.1, -0.05) is 43.8 Å². The van der Waals surface area contributed by atoms with Crippen LogP contribution in [0.25, 0.3) is 27.4 Å². The zero-order valence-corrected chi connectivity index (χ0v) is 28.1. The summed E-state index contributed by atoms with van der Waals surface area (Å²) in [4.78, 5) is 42.4. The maximum absolute atomic E-state index is 13.9. The van der Waals surface area contributed by atoms with Crippen LogP contribution in [0.4, 0.5) is 4.79 Å². The van der Waals surface area contributed by atoms with Crippen molar-refractivity contribution in [2.75, 3.05) is 27.4 Å². The molecule has 0 unspecified atom stereocenters. The molecular formula is C35H47N7O5. The van der Waals surface area contributed by atoms with Crippen LogP contribution in [0.2, 0.25) is 0 Å². The van der Waals surface area contributed by atoms with E-state index in [9.17, 15) is 9.59 Å². The largest absolute Gasteiger partial charge is 0.453 e. The maximum Gasteiger partial charge on any atom is 0.407 e. The van der Waals surface area contributed by atoms with Gasteiger partial charge in [0.15, 0.2) is 11.6 Å². The molecule has 3 aromatic rings. The lowest BCUT2D eigenvalue weighted by Crippen LogP contribution is -2.52. The van der Waals surface area contributed by atoms with Crippen LogP contribution in [0, 0.1) is 11.8 Å². The summed E-state index contributed by atoms with van der Waals surface area (Å²) >= 11 is 0. The Labute approximate surface area is 275 Å². The van der Waals surface area contributed by atoms with Crippen LogP contribution in [0.15, 0.2) is 48.2 Å². The SMILES string of the molecule is C=C(/C=C\C)c1cc2ccc3nc([C@@H]4CC[C@H](C)N4C(=O)[C@@H](NC(=O)OC)C(C)C)[nH]c3c2cc1O/N=C(\N)[C@@H]1C[C@H](COC)CN1. The second-order valence-electron chi connectivity index (χ2n) is 12.8. The molecular weight excluding hydrogens is 598 g/mol. The molecule has 2 aromatic carbocycles. The number of likely N-dealkylation sites (tertiary alicyclic amines) is 1. The lowest BCUT2D eigenvalue weighted by atomic mass is 10.00. The highest BCUT2D eigenvalue weighted by molar-refractivity contribution is 6.06. The first-order valence-electron chi connectivity index (χ1n) is 16.2. The van der Waals surface area contributed by atoms with Gasteiger partial charge in [0.05, 0.1) is 36.8 Å². The quantitative estimate of drug-likeness (QED) is 0.0981. The third-order valence-electron chi connectivity index (χ3n) is 9.17. The molecule has 5 rings (SSSR count). The first kappa shape index (κ1) is 33.9. The number of allylic oxidation sites excluding steroid dienone is 3. The van der Waals surface area contributed by atoms with Crippen molar-refractivity contribution in [3.63, 3.8) is 0 Å². The number of carbonyl (C=O) groups is 2. The minimum Gasteiger partial charge on any atom is -0.453 e. The molecule has 2 amide bonds. The summed E-state index contributed by atoms with van der Waals surface area (Å²) in [6, 6.07) is 6.82. The number of nitrogens with one attached hydrogen (secondary N) is 3. The summed E-state index contributed by atoms with van der Waals surface area (Å²) in [5.74, 6) is 1.65. The Morgan fingerprint density at radius 2 is 2.04 bits per heavy atom. The highest BCUT2D eigenvalue weighted by atomic mass is 16.6. The standard InChI is InChI=1S/C35H47N7O5/c1-8-9-20(4)24-15-23-11-12-26-31(25(23)16-29(24)47-41-32(36)27-14-22(17-37-27)18-45-6)39-33(38-26)28-13-10-21(5)42(28)34(43)30(19(2)3)40-35(44)46-7/h8-9,11-12,15-16,19,21-22,27-28,30,37H,4,10,13-14,17-18H2,1-3,5-7H3,(H2,36,41)(H,38,39)(H,40,44)/b9-8-/t21-,22-,27-,28-,30-/m0/s1. The highest BCUT2D eigenvalue weighted by Gasteiger charge is 2.41. The van der Waals surface area contributed by atoms with Gasteiger partial charge >= 0.3 is 6.09 Å². The zero-order valence-electron chi connectivity index (χ0n) is 28.1. The van der Waals surface area contributed by atoms with Gasteiger partial charge in [-0.2, -0.15) is 0 Å². The van der Waals surface area contributed by atoms with Crippen LogP contribution in [-0.2, 0) is 14.3 Å². The monoisotopic (exact) mass is 645 g/mol. The first-order valence-corrected chi connectivity index (χ1v) is 16.2. The Hall–Kier alpha value is -4.42. The minimum absolute atomic E-state index is 0.0270. The molecule has 3 heterocycles. The second kappa shape index (κ2) is 14.6. The van der Waals surface area contributed by atoms with Crippen LogP contribution < -0.4 is 21.2 Å². The third-order valence-corrected chi connectivity index (χ3v) is 9.17. The van der Waals surface area contributed by atoms with Gasteiger partial charge in [-0.15, -0.1) is 0 Å². The van der Waals surface area contributed by atoms with E-state index in [2.05, 4.69) is 27.4 Å². The number of nitrogens with two attached hydrogens (primary N) is 1. The number of alkyl carbamates (subject to hydrolysis) is 1. The summed E-state index contributed by atoms with van der Waals surface area (Å²) in [5, 5.41) is 12.3. The molecule has 252 valence electrons. The van der Waals surface area contributed by atoms with Gasteiger partial charge < -0.3 is 40.6 Å². The molecule has 0 radical (unpaired) electrons. The molecule has 2 fully saturated rings. The number of nitrogens with zero attached hydrogens (tertiary/aromatic N) is 3. The van der Waals surface area contributed by atoms with E-state index in [0.29, 0.717) is 29.9 Å². The fraction of sp³-hybridized carbons (Fsp3) is 0.486. The minimum atomic E-state index is -0.725. The molecule has 12 heteroatoms. The number of ether oxygens (including phenoxy) is 2. The van der Waals surface area contributed by atoms with Crippen molar-refractivity contribution >= 4 is 45.2 Å². The Bertz CT molecular complexity index is 1700. The third kappa shape index (κ3) is 7.13. The van der Waals surface area contributed by atoms with Crippen molar-refractivity contribution in [2.24, 2.45) is 22.7 Å². The van der Waals surface area contributed by atoms with Crippen molar-refractivity contribution in [2.45, 2.75) is 71.1 Å². The van der Waals surface area contributed by atoms with E-state index in [0.717, 1.165) is 58.7 Å². The number of methoxy groups -OCH3 is 2. The number of oxime groups is 1. The zero-order chi connectivity index (χ0) is 33.8. The number of aromatic nitrogens is 2. The number of aromatic amines is 1. The average molecular weight is 646 g/mol. The number of carbonyl (C=O) groups excluding carboxylic acids is 2. The van der Waals surface area contributed by atoms with Gasteiger partial charge in [-0.05, 0) is 74.1 Å². The van der Waals surface area contributed by atoms with E-state index < -0.39 is 12.1 Å². The van der Waals surface area contributed by atoms with Crippen molar-refractivity contribution < 1.29 is 23.9 Å². The first-order chi connectivity index (χ1) is 22.6. The topological polar surface area (TPSA) is 156 Å². The molecule has 5 atom stereocenters. The second-order valence-corrected chi connectivity index (χ2v) is 12.8. The normalized spacial score (nSPS) is 22.4. The van der Waals surface area contributed by atoms with Gasteiger partial charge in [0, 0.05) is 30.6 Å². The van der Waals surface area contributed by atoms with E-state index >= 15 is 0 Å². The lowest BCUT2D eigenvalue weighted by Gasteiger charge is -2.32. The van der Waals surface area contributed by atoms with Gasteiger partial charge in [0.1, 0.15) is 11.9 Å². The van der Waals surface area contributed by atoms with Gasteiger partial charge in [0.25, 0.3) is 0 Å². The number of hydrogen-bond donors (Lipinski definition) is 4. The summed E-state index contributed by atoms with van der Waals surface area (Å²) < 4.78 is 10.1. The van der Waals surface area contributed by atoms with E-state index in [1.54, 1.807) is 7.11 Å². The number of amidine groups is 1. The molecule has 2 saturated heterocycles. The fourth-order valence-corrected chi connectivity index (χ4v) is 6.67. The van der Waals surface area contributed by atoms with Crippen molar-refractivity contribution in [3.05, 3.63) is 54.4 Å². The van der Waals surface area contributed by atoms with Crippen LogP contribution >= 0.6 is 0 Å². The molecule has 2 aliphatic rings. The number of fused-ring (bicyclic) bond motifs is 3. The maximum atomic E-state index is 13.9. The van der Waals surface area contributed by atoms with E-state index in [-0.39, 0.29) is 30.0 Å². The Morgan fingerprint density at radius 1 is 1.26 bits per heavy atom. The van der Waals surface area contributed by atoms with Gasteiger partial charge in [-0.3, -0.25) is 4.79 Å². The molecule has 5 N–H and O–H groups in total. The molecule has 47 heavy (non-hydrogen) atoms. The Kier molecular flexibility index (Phi) is 10.5. The number of hydrogen-bond acceptors (Lipinski definition) is 8. The van der Waals surface area contributed by atoms with Crippen molar-refractivity contribution in [3.8, 4) is 5.75 Å². The molecule has 12 nitrogen and oxygen atoms in total. The van der Waals surface area contributed by atoms with Gasteiger partial charge in [0.2, 0.25) is 5.91 Å². The van der Waals surface area contributed by atoms with Crippen LogP contribution in [0.1, 0.15) is 64.4 Å². The molecule has 1 aromatic heterocycles. The Morgan fingerprint density at radius 3 is 2.74 bits per heavy atom. The smallest absolute Gasteiger partial charge is 0.407 e. The molecule has 2 aliphatic heterocycles. The average Bonchev–Trinajstić information content (AvgIpc) is 3.80. The predicted molar refractivity (Wildman–Crippen MR) is 184 cm³/mol. The highest BCUT2D eigenvalue weighted by Crippen LogP contribution is 2.39.